The van der Waals surface area contributed by atoms with E-state index in [0.29, 0.717) is 26.4 Å². The number of hydrogen-bond donors (Lipinski definition) is 0. The third-order valence-electron chi connectivity index (χ3n) is 2.46. The molecule has 4 heteroatoms. The lowest BCUT2D eigenvalue weighted by Crippen LogP contribution is -2.21. The number of benzene rings is 1. The van der Waals surface area contributed by atoms with Crippen LogP contribution in [-0.4, -0.2) is 32.4 Å². The predicted octanol–water partition coefficient (Wildman–Crippen LogP) is 2.73. The van der Waals surface area contributed by atoms with Crippen LogP contribution in [0.5, 0.6) is 0 Å². The summed E-state index contributed by atoms with van der Waals surface area (Å²) in [5.74, 6) is -0.357. The van der Waals surface area contributed by atoms with E-state index in [9.17, 15) is 4.79 Å². The Hall–Kier alpha value is -1.39. The van der Waals surface area contributed by atoms with Crippen molar-refractivity contribution in [3.63, 3.8) is 0 Å². The average molecular weight is 266 g/mol. The Kier molecular flexibility index (Phi) is 7.86. The minimum absolute atomic E-state index is 0.345. The maximum Gasteiger partial charge on any atom is 0.339 e. The van der Waals surface area contributed by atoms with Crippen LogP contribution in [0.3, 0.4) is 0 Å². The minimum Gasteiger partial charge on any atom is -0.464 e. The molecule has 0 aliphatic carbocycles. The van der Waals surface area contributed by atoms with Crippen molar-refractivity contribution in [2.75, 3.05) is 26.4 Å². The largest absolute Gasteiger partial charge is 0.464 e. The molecule has 0 saturated carbocycles. The SMILES string of the molecule is CCCOCCOC(C(=O)OCC)c1ccccc1. The van der Waals surface area contributed by atoms with Gasteiger partial charge in [-0.15, -0.1) is 0 Å². The molecule has 106 valence electrons. The fraction of sp³-hybridized carbons (Fsp3) is 0.533. The van der Waals surface area contributed by atoms with E-state index < -0.39 is 6.10 Å². The Balaban J connectivity index is 2.53. The summed E-state index contributed by atoms with van der Waals surface area (Å²) in [6, 6.07) is 9.36. The lowest BCUT2D eigenvalue weighted by atomic mass is 10.1. The van der Waals surface area contributed by atoms with E-state index in [1.54, 1.807) is 6.92 Å². The van der Waals surface area contributed by atoms with E-state index >= 15 is 0 Å². The van der Waals surface area contributed by atoms with Gasteiger partial charge in [-0.05, 0) is 18.9 Å². The van der Waals surface area contributed by atoms with E-state index in [1.165, 1.54) is 0 Å². The molecule has 1 rings (SSSR count). The molecule has 0 bridgehead atoms. The lowest BCUT2D eigenvalue weighted by Gasteiger charge is -2.16. The van der Waals surface area contributed by atoms with Gasteiger partial charge < -0.3 is 14.2 Å². The first-order chi connectivity index (χ1) is 9.29. The second-order valence-corrected chi connectivity index (χ2v) is 4.03. The molecule has 0 aromatic heterocycles. The molecule has 0 aliphatic heterocycles. The van der Waals surface area contributed by atoms with Crippen LogP contribution in [0.15, 0.2) is 30.3 Å². The fourth-order valence-corrected chi connectivity index (χ4v) is 1.62. The highest BCUT2D eigenvalue weighted by molar-refractivity contribution is 5.76. The average Bonchev–Trinajstić information content (AvgIpc) is 2.44. The fourth-order valence-electron chi connectivity index (χ4n) is 1.62. The highest BCUT2D eigenvalue weighted by Gasteiger charge is 2.22. The lowest BCUT2D eigenvalue weighted by molar-refractivity contribution is -0.158. The van der Waals surface area contributed by atoms with Crippen LogP contribution >= 0.6 is 0 Å². The zero-order valence-corrected chi connectivity index (χ0v) is 11.6. The predicted molar refractivity (Wildman–Crippen MR) is 72.9 cm³/mol. The second-order valence-electron chi connectivity index (χ2n) is 4.03. The molecule has 1 unspecified atom stereocenters. The molecule has 0 spiro atoms. The number of ether oxygens (including phenoxy) is 3. The normalized spacial score (nSPS) is 12.1. The van der Waals surface area contributed by atoms with Gasteiger partial charge in [0.05, 0.1) is 19.8 Å². The molecule has 1 atom stereocenters. The maximum atomic E-state index is 11.9. The summed E-state index contributed by atoms with van der Waals surface area (Å²) in [5.41, 5.74) is 0.802. The zero-order valence-electron chi connectivity index (χ0n) is 11.6. The zero-order chi connectivity index (χ0) is 13.9. The van der Waals surface area contributed by atoms with Gasteiger partial charge >= 0.3 is 5.97 Å². The van der Waals surface area contributed by atoms with Crippen molar-refractivity contribution < 1.29 is 19.0 Å². The summed E-state index contributed by atoms with van der Waals surface area (Å²) in [7, 11) is 0. The van der Waals surface area contributed by atoms with Gasteiger partial charge in [0.15, 0.2) is 6.10 Å². The Morgan fingerprint density at radius 1 is 1.11 bits per heavy atom. The molecule has 0 fully saturated rings. The van der Waals surface area contributed by atoms with Crippen molar-refractivity contribution in [3.05, 3.63) is 35.9 Å². The first-order valence-corrected chi connectivity index (χ1v) is 6.70. The minimum atomic E-state index is -0.675. The third kappa shape index (κ3) is 5.85. The van der Waals surface area contributed by atoms with Gasteiger partial charge in [0.2, 0.25) is 0 Å². The molecule has 4 nitrogen and oxygen atoms in total. The number of rotatable bonds is 9. The first-order valence-electron chi connectivity index (χ1n) is 6.70. The number of hydrogen-bond acceptors (Lipinski definition) is 4. The van der Waals surface area contributed by atoms with Gasteiger partial charge in [-0.1, -0.05) is 37.3 Å². The van der Waals surface area contributed by atoms with E-state index in [1.807, 2.05) is 37.3 Å². The highest BCUT2D eigenvalue weighted by Crippen LogP contribution is 2.18. The third-order valence-corrected chi connectivity index (χ3v) is 2.46. The van der Waals surface area contributed by atoms with Crippen molar-refractivity contribution >= 4 is 5.97 Å². The van der Waals surface area contributed by atoms with Crippen LogP contribution in [-0.2, 0) is 19.0 Å². The molecule has 0 heterocycles. The highest BCUT2D eigenvalue weighted by atomic mass is 16.6. The summed E-state index contributed by atoms with van der Waals surface area (Å²) in [6.45, 7) is 5.74. The molecule has 0 N–H and O–H groups in total. The van der Waals surface area contributed by atoms with Crippen LogP contribution < -0.4 is 0 Å². The van der Waals surface area contributed by atoms with Crippen LogP contribution in [0.25, 0.3) is 0 Å². The van der Waals surface area contributed by atoms with Crippen molar-refractivity contribution in [2.45, 2.75) is 26.4 Å². The molecule has 1 aromatic rings. The molecule has 0 saturated heterocycles. The van der Waals surface area contributed by atoms with Crippen molar-refractivity contribution in [1.29, 1.82) is 0 Å². The Morgan fingerprint density at radius 3 is 2.47 bits per heavy atom. The summed E-state index contributed by atoms with van der Waals surface area (Å²) in [6.07, 6.45) is 0.298. The summed E-state index contributed by atoms with van der Waals surface area (Å²) < 4.78 is 16.0. The molecule has 0 amide bonds. The van der Waals surface area contributed by atoms with Gasteiger partial charge in [0, 0.05) is 6.61 Å². The standard InChI is InChI=1S/C15H22O4/c1-3-10-17-11-12-19-14(15(16)18-4-2)13-8-6-5-7-9-13/h5-9,14H,3-4,10-12H2,1-2H3. The molecular weight excluding hydrogens is 244 g/mol. The van der Waals surface area contributed by atoms with Gasteiger partial charge in [0.1, 0.15) is 0 Å². The van der Waals surface area contributed by atoms with Gasteiger partial charge in [-0.25, -0.2) is 4.79 Å². The Labute approximate surface area is 114 Å². The molecule has 0 aliphatic rings. The Morgan fingerprint density at radius 2 is 1.84 bits per heavy atom. The summed E-state index contributed by atoms with van der Waals surface area (Å²) >= 11 is 0. The number of carbonyl (C=O) groups excluding carboxylic acids is 1. The topological polar surface area (TPSA) is 44.8 Å². The van der Waals surface area contributed by atoms with E-state index in [0.717, 1.165) is 12.0 Å². The smallest absolute Gasteiger partial charge is 0.339 e. The molecular formula is C15H22O4. The van der Waals surface area contributed by atoms with Crippen molar-refractivity contribution in [2.24, 2.45) is 0 Å². The summed E-state index contributed by atoms with van der Waals surface area (Å²) in [4.78, 5) is 11.9. The van der Waals surface area contributed by atoms with E-state index in [4.69, 9.17) is 14.2 Å². The molecule has 1 aromatic carbocycles. The maximum absolute atomic E-state index is 11.9. The Bertz CT molecular complexity index is 350. The molecule has 19 heavy (non-hydrogen) atoms. The van der Waals surface area contributed by atoms with E-state index in [-0.39, 0.29) is 5.97 Å². The molecule has 0 radical (unpaired) electrons. The monoisotopic (exact) mass is 266 g/mol. The van der Waals surface area contributed by atoms with Crippen molar-refractivity contribution in [1.82, 2.24) is 0 Å². The van der Waals surface area contributed by atoms with Gasteiger partial charge in [-0.3, -0.25) is 0 Å². The van der Waals surface area contributed by atoms with Crippen LogP contribution in [0.4, 0.5) is 0 Å². The van der Waals surface area contributed by atoms with Crippen LogP contribution in [0, 0.1) is 0 Å². The number of carbonyl (C=O) groups is 1. The quantitative estimate of drug-likeness (QED) is 0.509. The first kappa shape index (κ1) is 15.7. The van der Waals surface area contributed by atoms with Gasteiger partial charge in [0.25, 0.3) is 0 Å². The van der Waals surface area contributed by atoms with Crippen LogP contribution in [0.1, 0.15) is 31.9 Å². The number of esters is 1. The van der Waals surface area contributed by atoms with Crippen LogP contribution in [0.2, 0.25) is 0 Å². The van der Waals surface area contributed by atoms with Crippen molar-refractivity contribution in [3.8, 4) is 0 Å². The summed E-state index contributed by atoms with van der Waals surface area (Å²) in [5, 5.41) is 0. The van der Waals surface area contributed by atoms with Gasteiger partial charge in [-0.2, -0.15) is 0 Å². The second kappa shape index (κ2) is 9.53. The van der Waals surface area contributed by atoms with E-state index in [2.05, 4.69) is 0 Å².